The molecule has 2 N–H and O–H groups in total. The Bertz CT molecular complexity index is 513. The van der Waals surface area contributed by atoms with Gasteiger partial charge in [-0.2, -0.15) is 0 Å². The van der Waals surface area contributed by atoms with E-state index in [4.69, 9.17) is 4.74 Å². The van der Waals surface area contributed by atoms with Gasteiger partial charge in [0, 0.05) is 11.4 Å². The van der Waals surface area contributed by atoms with E-state index in [0.717, 1.165) is 17.2 Å². The van der Waals surface area contributed by atoms with Gasteiger partial charge in [-0.3, -0.25) is 4.79 Å². The number of hydrogen-bond donors (Lipinski definition) is 2. The van der Waals surface area contributed by atoms with Gasteiger partial charge in [-0.1, -0.05) is 0 Å². The fraction of sp³-hybridized carbons (Fsp3) is 0.667. The van der Waals surface area contributed by atoms with Crippen molar-refractivity contribution in [3.05, 3.63) is 15.6 Å². The predicted octanol–water partition coefficient (Wildman–Crippen LogP) is 2.16. The summed E-state index contributed by atoms with van der Waals surface area (Å²) in [6, 6.07) is 0. The third kappa shape index (κ3) is 6.89. The van der Waals surface area contributed by atoms with Crippen molar-refractivity contribution in [2.45, 2.75) is 53.7 Å². The highest BCUT2D eigenvalue weighted by Gasteiger charge is 2.15. The number of thiazole rings is 1. The molecule has 0 spiro atoms. The zero-order valence-electron chi connectivity index (χ0n) is 14.2. The molecule has 0 aliphatic rings. The van der Waals surface area contributed by atoms with Crippen molar-refractivity contribution >= 4 is 23.3 Å². The molecule has 0 saturated heterocycles. The molecule has 1 rings (SSSR count). The number of carbonyl (C=O) groups excluding carboxylic acids is 1. The lowest BCUT2D eigenvalue weighted by atomic mass is 10.2. The molecule has 22 heavy (non-hydrogen) atoms. The van der Waals surface area contributed by atoms with Gasteiger partial charge >= 0.3 is 5.97 Å². The lowest BCUT2D eigenvalue weighted by molar-refractivity contribution is -0.152. The molecular formula is C15H26N4O2S. The number of rotatable bonds is 5. The molecule has 0 atom stereocenters. The quantitative estimate of drug-likeness (QED) is 0.493. The average Bonchev–Trinajstić information content (AvgIpc) is 2.70. The highest BCUT2D eigenvalue weighted by atomic mass is 32.1. The summed E-state index contributed by atoms with van der Waals surface area (Å²) in [7, 11) is 0. The van der Waals surface area contributed by atoms with Gasteiger partial charge < -0.3 is 15.4 Å². The van der Waals surface area contributed by atoms with Crippen LogP contribution in [0.25, 0.3) is 0 Å². The van der Waals surface area contributed by atoms with E-state index in [1.807, 2.05) is 34.6 Å². The highest BCUT2D eigenvalue weighted by molar-refractivity contribution is 7.11. The summed E-state index contributed by atoms with van der Waals surface area (Å²) in [5, 5.41) is 7.27. The van der Waals surface area contributed by atoms with E-state index < -0.39 is 5.60 Å². The van der Waals surface area contributed by atoms with Crippen molar-refractivity contribution in [3.63, 3.8) is 0 Å². The molecule has 0 radical (unpaired) electrons. The van der Waals surface area contributed by atoms with E-state index in [0.29, 0.717) is 12.5 Å². The molecule has 1 aromatic heterocycles. The van der Waals surface area contributed by atoms with Crippen LogP contribution < -0.4 is 10.6 Å². The van der Waals surface area contributed by atoms with Crippen LogP contribution in [0, 0.1) is 13.8 Å². The van der Waals surface area contributed by atoms with Crippen LogP contribution in [0.15, 0.2) is 4.99 Å². The number of nitrogens with one attached hydrogen (secondary N) is 2. The molecule has 1 aromatic rings. The first kappa shape index (κ1) is 18.4. The summed E-state index contributed by atoms with van der Waals surface area (Å²) in [6.07, 6.45) is 0. The second-order valence-corrected chi connectivity index (χ2v) is 7.17. The Hall–Kier alpha value is -1.63. The number of aliphatic imine (C=N–C) groups is 1. The Balaban J connectivity index is 2.56. The molecule has 6 nitrogen and oxygen atoms in total. The smallest absolute Gasteiger partial charge is 0.328 e. The van der Waals surface area contributed by atoms with E-state index in [1.165, 1.54) is 4.88 Å². The molecule has 0 bridgehead atoms. The van der Waals surface area contributed by atoms with Gasteiger partial charge in [0.2, 0.25) is 0 Å². The summed E-state index contributed by atoms with van der Waals surface area (Å²) in [6.45, 7) is 12.8. The number of nitrogens with zero attached hydrogens (tertiary/aromatic N) is 2. The Kier molecular flexibility index (Phi) is 6.80. The number of ether oxygens (including phenoxy) is 1. The second-order valence-electron chi connectivity index (χ2n) is 5.88. The second kappa shape index (κ2) is 8.12. The first-order valence-corrected chi connectivity index (χ1v) is 8.20. The molecule has 0 aliphatic heterocycles. The Morgan fingerprint density at radius 1 is 1.32 bits per heavy atom. The van der Waals surface area contributed by atoms with Gasteiger partial charge in [0.1, 0.15) is 17.2 Å². The van der Waals surface area contributed by atoms with Crippen molar-refractivity contribution < 1.29 is 9.53 Å². The first-order chi connectivity index (χ1) is 10.2. The number of carbonyl (C=O) groups is 1. The summed E-state index contributed by atoms with van der Waals surface area (Å²) in [4.78, 5) is 21.6. The summed E-state index contributed by atoms with van der Waals surface area (Å²) >= 11 is 1.66. The number of aryl methyl sites for hydroxylation is 2. The van der Waals surface area contributed by atoms with Crippen molar-refractivity contribution in [1.82, 2.24) is 15.6 Å². The SMILES string of the molecule is CCNC(=NCC(=O)OC(C)(C)C)NCc1nc(C)c(C)s1. The largest absolute Gasteiger partial charge is 0.459 e. The van der Waals surface area contributed by atoms with Crippen molar-refractivity contribution in [1.29, 1.82) is 0 Å². The summed E-state index contributed by atoms with van der Waals surface area (Å²) < 4.78 is 5.24. The first-order valence-electron chi connectivity index (χ1n) is 7.38. The van der Waals surface area contributed by atoms with Gasteiger partial charge in [-0.25, -0.2) is 9.98 Å². The minimum atomic E-state index is -0.492. The molecule has 124 valence electrons. The van der Waals surface area contributed by atoms with E-state index in [1.54, 1.807) is 11.3 Å². The molecule has 7 heteroatoms. The zero-order valence-corrected chi connectivity index (χ0v) is 15.1. The third-order valence-electron chi connectivity index (χ3n) is 2.61. The van der Waals surface area contributed by atoms with Crippen molar-refractivity contribution in [3.8, 4) is 0 Å². The van der Waals surface area contributed by atoms with E-state index >= 15 is 0 Å². The van der Waals surface area contributed by atoms with Crippen LogP contribution in [0.3, 0.4) is 0 Å². The van der Waals surface area contributed by atoms with Gasteiger partial charge in [0.25, 0.3) is 0 Å². The standard InChI is InChI=1S/C15H26N4O2S/c1-7-16-14(18-9-13(20)21-15(4,5)6)17-8-12-19-10(2)11(3)22-12/h7-9H2,1-6H3,(H2,16,17,18). The third-order valence-corrected chi connectivity index (χ3v) is 3.68. The maximum Gasteiger partial charge on any atom is 0.328 e. The van der Waals surface area contributed by atoms with Crippen LogP contribution in [0.2, 0.25) is 0 Å². The molecule has 0 fully saturated rings. The molecule has 0 aromatic carbocycles. The minimum Gasteiger partial charge on any atom is -0.459 e. The molecular weight excluding hydrogens is 300 g/mol. The molecule has 0 aliphatic carbocycles. The van der Waals surface area contributed by atoms with Crippen molar-refractivity contribution in [2.75, 3.05) is 13.1 Å². The van der Waals surface area contributed by atoms with Gasteiger partial charge in [0.05, 0.1) is 12.2 Å². The molecule has 0 saturated carbocycles. The van der Waals surface area contributed by atoms with Crippen LogP contribution in [-0.4, -0.2) is 35.6 Å². The highest BCUT2D eigenvalue weighted by Crippen LogP contribution is 2.15. The lowest BCUT2D eigenvalue weighted by Gasteiger charge is -2.19. The lowest BCUT2D eigenvalue weighted by Crippen LogP contribution is -2.37. The van der Waals surface area contributed by atoms with E-state index in [2.05, 4.69) is 27.5 Å². The molecule has 1 heterocycles. The Morgan fingerprint density at radius 2 is 2.00 bits per heavy atom. The van der Waals surface area contributed by atoms with Crippen molar-refractivity contribution in [2.24, 2.45) is 4.99 Å². The Labute approximate surface area is 136 Å². The van der Waals surface area contributed by atoms with Gasteiger partial charge in [-0.05, 0) is 41.5 Å². The van der Waals surface area contributed by atoms with Crippen LogP contribution in [0.5, 0.6) is 0 Å². The summed E-state index contributed by atoms with van der Waals surface area (Å²) in [5.41, 5.74) is 0.561. The van der Waals surface area contributed by atoms with E-state index in [9.17, 15) is 4.79 Å². The van der Waals surface area contributed by atoms with E-state index in [-0.39, 0.29) is 12.5 Å². The maximum absolute atomic E-state index is 11.7. The van der Waals surface area contributed by atoms with Gasteiger partial charge in [0.15, 0.2) is 5.96 Å². The molecule has 0 amide bonds. The van der Waals surface area contributed by atoms with Gasteiger partial charge in [-0.15, -0.1) is 11.3 Å². The summed E-state index contributed by atoms with van der Waals surface area (Å²) in [5.74, 6) is 0.240. The number of hydrogen-bond acceptors (Lipinski definition) is 5. The predicted molar refractivity (Wildman–Crippen MR) is 90.3 cm³/mol. The Morgan fingerprint density at radius 3 is 2.50 bits per heavy atom. The fourth-order valence-corrected chi connectivity index (χ4v) is 2.51. The minimum absolute atomic E-state index is 0.0114. The fourth-order valence-electron chi connectivity index (χ4n) is 1.63. The normalized spacial score (nSPS) is 12.2. The number of guanidine groups is 1. The maximum atomic E-state index is 11.7. The topological polar surface area (TPSA) is 75.6 Å². The van der Waals surface area contributed by atoms with Crippen LogP contribution >= 0.6 is 11.3 Å². The number of esters is 1. The monoisotopic (exact) mass is 326 g/mol. The number of aromatic nitrogens is 1. The van der Waals surface area contributed by atoms with Crippen LogP contribution in [0.4, 0.5) is 0 Å². The molecule has 0 unspecified atom stereocenters. The van der Waals surface area contributed by atoms with Crippen LogP contribution in [-0.2, 0) is 16.1 Å². The average molecular weight is 326 g/mol. The zero-order chi connectivity index (χ0) is 16.8. The van der Waals surface area contributed by atoms with Crippen LogP contribution in [0.1, 0.15) is 43.3 Å².